The van der Waals surface area contributed by atoms with Crippen LogP contribution in [-0.2, 0) is 15.1 Å². The van der Waals surface area contributed by atoms with Crippen LogP contribution in [0, 0.1) is 0 Å². The molecule has 2 N–H and O–H groups in total. The SMILES string of the molecule is C[C@]1(c2ccc(OC(F)F)cc2)NC(=O)N(C[C@@H](O)CN2CCOCC2)C1=O. The molecule has 2 aliphatic heterocycles. The fraction of sp³-hybridized carbons (Fsp3) is 0.556. The largest absolute Gasteiger partial charge is 0.435 e. The molecule has 1 aromatic carbocycles. The van der Waals surface area contributed by atoms with E-state index in [9.17, 15) is 23.5 Å². The summed E-state index contributed by atoms with van der Waals surface area (Å²) in [7, 11) is 0. The second kappa shape index (κ2) is 8.38. The Labute approximate surface area is 161 Å². The number of halogens is 2. The summed E-state index contributed by atoms with van der Waals surface area (Å²) in [6.07, 6.45) is -0.892. The lowest BCUT2D eigenvalue weighted by Crippen LogP contribution is -2.46. The van der Waals surface area contributed by atoms with Crippen molar-refractivity contribution in [2.45, 2.75) is 25.2 Å². The molecule has 0 unspecified atom stereocenters. The van der Waals surface area contributed by atoms with Gasteiger partial charge in [0.05, 0.1) is 25.9 Å². The predicted molar refractivity (Wildman–Crippen MR) is 93.9 cm³/mol. The molecule has 154 valence electrons. The minimum atomic E-state index is -2.95. The van der Waals surface area contributed by atoms with Crippen LogP contribution in [0.3, 0.4) is 0 Å². The van der Waals surface area contributed by atoms with Crippen LogP contribution < -0.4 is 10.1 Å². The third-order valence-electron chi connectivity index (χ3n) is 4.90. The van der Waals surface area contributed by atoms with Crippen LogP contribution >= 0.6 is 0 Å². The number of morpholine rings is 1. The monoisotopic (exact) mass is 399 g/mol. The molecule has 0 aliphatic carbocycles. The fourth-order valence-corrected chi connectivity index (χ4v) is 3.38. The van der Waals surface area contributed by atoms with Gasteiger partial charge in [-0.25, -0.2) is 4.79 Å². The molecule has 28 heavy (non-hydrogen) atoms. The summed E-state index contributed by atoms with van der Waals surface area (Å²) in [4.78, 5) is 28.2. The number of carbonyl (C=O) groups is 2. The summed E-state index contributed by atoms with van der Waals surface area (Å²) in [6, 6.07) is 4.90. The Bertz CT molecular complexity index is 712. The first kappa shape index (κ1) is 20.4. The summed E-state index contributed by atoms with van der Waals surface area (Å²) >= 11 is 0. The zero-order chi connectivity index (χ0) is 20.3. The molecule has 8 nitrogen and oxygen atoms in total. The zero-order valence-electron chi connectivity index (χ0n) is 15.4. The smallest absolute Gasteiger partial charge is 0.387 e. The van der Waals surface area contributed by atoms with Crippen LogP contribution in [0.15, 0.2) is 24.3 Å². The number of hydrogen-bond acceptors (Lipinski definition) is 6. The van der Waals surface area contributed by atoms with Crippen LogP contribution in [-0.4, -0.2) is 79.0 Å². The minimum absolute atomic E-state index is 0.0445. The van der Waals surface area contributed by atoms with Gasteiger partial charge in [-0.1, -0.05) is 12.1 Å². The number of alkyl halides is 2. The lowest BCUT2D eigenvalue weighted by Gasteiger charge is -2.29. The van der Waals surface area contributed by atoms with E-state index >= 15 is 0 Å². The first-order chi connectivity index (χ1) is 13.3. The molecule has 0 radical (unpaired) electrons. The van der Waals surface area contributed by atoms with E-state index in [0.29, 0.717) is 38.4 Å². The van der Waals surface area contributed by atoms with Crippen LogP contribution in [0.2, 0.25) is 0 Å². The molecule has 3 rings (SSSR count). The molecule has 0 aromatic heterocycles. The average Bonchev–Trinajstić information content (AvgIpc) is 2.86. The number of amides is 3. The van der Waals surface area contributed by atoms with Gasteiger partial charge < -0.3 is 19.9 Å². The predicted octanol–water partition coefficient (Wildman–Crippen LogP) is 0.748. The molecule has 2 atom stereocenters. The van der Waals surface area contributed by atoms with E-state index in [2.05, 4.69) is 10.1 Å². The average molecular weight is 399 g/mol. The Morgan fingerprint density at radius 2 is 1.86 bits per heavy atom. The number of aliphatic hydroxyl groups excluding tert-OH is 1. The number of carbonyl (C=O) groups excluding carboxylic acids is 2. The van der Waals surface area contributed by atoms with Gasteiger partial charge >= 0.3 is 12.6 Å². The van der Waals surface area contributed by atoms with E-state index in [1.165, 1.54) is 31.2 Å². The van der Waals surface area contributed by atoms with E-state index in [4.69, 9.17) is 4.74 Å². The van der Waals surface area contributed by atoms with Gasteiger partial charge in [-0.15, -0.1) is 0 Å². The highest BCUT2D eigenvalue weighted by molar-refractivity contribution is 6.07. The van der Waals surface area contributed by atoms with Crippen LogP contribution in [0.1, 0.15) is 12.5 Å². The van der Waals surface area contributed by atoms with E-state index < -0.39 is 30.2 Å². The summed E-state index contributed by atoms with van der Waals surface area (Å²) < 4.78 is 34.1. The number of urea groups is 1. The fourth-order valence-electron chi connectivity index (χ4n) is 3.38. The Kier molecular flexibility index (Phi) is 6.11. The van der Waals surface area contributed by atoms with Gasteiger partial charge in [0.25, 0.3) is 5.91 Å². The van der Waals surface area contributed by atoms with Crippen LogP contribution in [0.4, 0.5) is 13.6 Å². The zero-order valence-corrected chi connectivity index (χ0v) is 15.4. The highest BCUT2D eigenvalue weighted by Gasteiger charge is 2.49. The molecule has 1 aromatic rings. The van der Waals surface area contributed by atoms with Gasteiger partial charge in [0.15, 0.2) is 0 Å². The molecule has 2 aliphatic rings. The topological polar surface area (TPSA) is 91.3 Å². The van der Waals surface area contributed by atoms with Gasteiger partial charge in [0.1, 0.15) is 11.3 Å². The molecule has 0 bridgehead atoms. The van der Waals surface area contributed by atoms with Crippen molar-refractivity contribution in [1.82, 2.24) is 15.1 Å². The van der Waals surface area contributed by atoms with Gasteiger partial charge in [0, 0.05) is 19.6 Å². The van der Waals surface area contributed by atoms with Crippen molar-refractivity contribution in [2.75, 3.05) is 39.4 Å². The molecule has 10 heteroatoms. The molecule has 2 heterocycles. The molecule has 3 amide bonds. The maximum atomic E-state index is 12.9. The number of β-amino-alcohol motifs (C(OH)–C–C–N with tert-alkyl or cyclic N) is 1. The van der Waals surface area contributed by atoms with Gasteiger partial charge in [-0.05, 0) is 24.6 Å². The Hall–Kier alpha value is -2.30. The Balaban J connectivity index is 1.66. The molecular formula is C18H23F2N3O5. The normalized spacial score (nSPS) is 24.5. The molecular weight excluding hydrogens is 376 g/mol. The van der Waals surface area contributed by atoms with E-state index in [-0.39, 0.29) is 12.3 Å². The summed E-state index contributed by atoms with van der Waals surface area (Å²) in [5, 5.41) is 12.9. The minimum Gasteiger partial charge on any atom is -0.435 e. The molecule has 0 saturated carbocycles. The standard InChI is InChI=1S/C18H23F2N3O5/c1-18(12-2-4-14(5-3-12)28-16(19)20)15(25)23(17(26)21-18)11-13(24)10-22-6-8-27-9-7-22/h2-5,13,16,24H,6-11H2,1H3,(H,21,26)/t13-,18+/m0/s1. The van der Waals surface area contributed by atoms with Gasteiger partial charge in [0.2, 0.25) is 0 Å². The molecule has 2 fully saturated rings. The van der Waals surface area contributed by atoms with Crippen molar-refractivity contribution in [3.05, 3.63) is 29.8 Å². The second-order valence-electron chi connectivity index (χ2n) is 6.94. The van der Waals surface area contributed by atoms with Crippen LogP contribution in [0.5, 0.6) is 5.75 Å². The van der Waals surface area contributed by atoms with Crippen molar-refractivity contribution in [3.63, 3.8) is 0 Å². The van der Waals surface area contributed by atoms with Crippen molar-refractivity contribution < 1.29 is 33.0 Å². The quantitative estimate of drug-likeness (QED) is 0.658. The number of rotatable bonds is 7. The van der Waals surface area contributed by atoms with E-state index in [0.717, 1.165) is 4.90 Å². The number of imide groups is 1. The third kappa shape index (κ3) is 4.40. The number of hydrogen-bond donors (Lipinski definition) is 2. The lowest BCUT2D eigenvalue weighted by molar-refractivity contribution is -0.132. The molecule has 2 saturated heterocycles. The second-order valence-corrected chi connectivity index (χ2v) is 6.94. The number of nitrogens with zero attached hydrogens (tertiary/aromatic N) is 2. The maximum Gasteiger partial charge on any atom is 0.387 e. The van der Waals surface area contributed by atoms with Crippen molar-refractivity contribution in [1.29, 1.82) is 0 Å². The highest BCUT2D eigenvalue weighted by atomic mass is 19.3. The van der Waals surface area contributed by atoms with Gasteiger partial charge in [-0.3, -0.25) is 14.6 Å². The summed E-state index contributed by atoms with van der Waals surface area (Å²) in [6.45, 7) is 1.31. The lowest BCUT2D eigenvalue weighted by atomic mass is 9.92. The van der Waals surface area contributed by atoms with Gasteiger partial charge in [-0.2, -0.15) is 8.78 Å². The Morgan fingerprint density at radius 1 is 1.21 bits per heavy atom. The number of benzene rings is 1. The summed E-state index contributed by atoms with van der Waals surface area (Å²) in [5.74, 6) is -0.557. The Morgan fingerprint density at radius 3 is 2.46 bits per heavy atom. The number of ether oxygens (including phenoxy) is 2. The summed E-state index contributed by atoms with van der Waals surface area (Å²) in [5.41, 5.74) is -0.920. The number of nitrogens with one attached hydrogen (secondary N) is 1. The maximum absolute atomic E-state index is 12.9. The highest BCUT2D eigenvalue weighted by Crippen LogP contribution is 2.30. The van der Waals surface area contributed by atoms with Crippen molar-refractivity contribution in [2.24, 2.45) is 0 Å². The van der Waals surface area contributed by atoms with E-state index in [1.54, 1.807) is 0 Å². The first-order valence-corrected chi connectivity index (χ1v) is 8.97. The van der Waals surface area contributed by atoms with Crippen molar-refractivity contribution in [3.8, 4) is 5.75 Å². The third-order valence-corrected chi connectivity index (χ3v) is 4.90. The van der Waals surface area contributed by atoms with Crippen LogP contribution in [0.25, 0.3) is 0 Å². The van der Waals surface area contributed by atoms with E-state index in [1.807, 2.05) is 4.90 Å². The molecule has 0 spiro atoms. The van der Waals surface area contributed by atoms with Crippen molar-refractivity contribution >= 4 is 11.9 Å². The number of aliphatic hydroxyl groups is 1. The first-order valence-electron chi connectivity index (χ1n) is 8.97.